The number of nitrogens with one attached hydrogen (secondary N) is 1. The fourth-order valence-corrected chi connectivity index (χ4v) is 3.65. The predicted molar refractivity (Wildman–Crippen MR) is 93.7 cm³/mol. The highest BCUT2D eigenvalue weighted by atomic mass is 79.9. The van der Waals surface area contributed by atoms with E-state index in [0.29, 0.717) is 21.6 Å². The lowest BCUT2D eigenvalue weighted by Gasteiger charge is -2.12. The van der Waals surface area contributed by atoms with Crippen molar-refractivity contribution in [1.82, 2.24) is 14.6 Å². The normalized spacial score (nSPS) is 11.8. The molecular formula is C15H15BrN4O3S. The Bertz CT molecular complexity index is 968. The number of rotatable bonds is 5. The van der Waals surface area contributed by atoms with Gasteiger partial charge in [0.1, 0.15) is 12.1 Å². The Hall–Kier alpha value is -2.13. The number of hydrogen-bond donors (Lipinski definition) is 1. The van der Waals surface area contributed by atoms with E-state index in [1.54, 1.807) is 28.8 Å². The average molecular weight is 411 g/mol. The van der Waals surface area contributed by atoms with Crippen molar-refractivity contribution in [3.05, 3.63) is 47.3 Å². The topological polar surface area (TPSA) is 85.6 Å². The minimum absolute atomic E-state index is 0.0217. The molecule has 0 radical (unpaired) electrons. The minimum atomic E-state index is -3.75. The molecule has 126 valence electrons. The van der Waals surface area contributed by atoms with Crippen LogP contribution in [0.3, 0.4) is 0 Å². The number of sulfonamides is 1. The molecule has 24 heavy (non-hydrogen) atoms. The van der Waals surface area contributed by atoms with Gasteiger partial charge >= 0.3 is 0 Å². The van der Waals surface area contributed by atoms with Gasteiger partial charge in [-0.1, -0.05) is 0 Å². The van der Waals surface area contributed by atoms with Crippen LogP contribution in [0.5, 0.6) is 5.75 Å². The zero-order valence-corrected chi connectivity index (χ0v) is 15.4. The number of benzene rings is 1. The number of anilines is 1. The second kappa shape index (κ2) is 6.40. The molecular weight excluding hydrogens is 396 g/mol. The first-order valence-corrected chi connectivity index (χ1v) is 9.41. The van der Waals surface area contributed by atoms with Gasteiger partial charge in [0.15, 0.2) is 5.65 Å². The molecule has 0 aliphatic carbocycles. The third kappa shape index (κ3) is 3.51. The maximum absolute atomic E-state index is 12.6. The van der Waals surface area contributed by atoms with Crippen molar-refractivity contribution in [2.45, 2.75) is 24.8 Å². The van der Waals surface area contributed by atoms with Crippen molar-refractivity contribution in [2.75, 3.05) is 4.72 Å². The summed E-state index contributed by atoms with van der Waals surface area (Å²) < 4.78 is 35.6. The predicted octanol–water partition coefficient (Wildman–Crippen LogP) is 3.08. The van der Waals surface area contributed by atoms with Gasteiger partial charge in [-0.2, -0.15) is 0 Å². The van der Waals surface area contributed by atoms with E-state index >= 15 is 0 Å². The monoisotopic (exact) mass is 410 g/mol. The zero-order valence-electron chi connectivity index (χ0n) is 13.0. The number of fused-ring (bicyclic) bond motifs is 1. The van der Waals surface area contributed by atoms with E-state index < -0.39 is 10.0 Å². The van der Waals surface area contributed by atoms with Gasteiger partial charge in [-0.15, -0.1) is 10.2 Å². The molecule has 0 bridgehead atoms. The number of pyridine rings is 1. The number of halogens is 1. The fourth-order valence-electron chi connectivity index (χ4n) is 2.15. The molecule has 1 aromatic carbocycles. The Balaban J connectivity index is 1.91. The molecule has 0 saturated heterocycles. The molecule has 3 aromatic rings. The molecule has 1 N–H and O–H groups in total. The smallest absolute Gasteiger partial charge is 0.262 e. The van der Waals surface area contributed by atoms with Crippen molar-refractivity contribution >= 4 is 37.3 Å². The molecule has 0 aliphatic rings. The highest BCUT2D eigenvalue weighted by molar-refractivity contribution is 9.10. The molecule has 0 amide bonds. The largest absolute Gasteiger partial charge is 0.491 e. The first kappa shape index (κ1) is 16.7. The van der Waals surface area contributed by atoms with E-state index in [9.17, 15) is 8.42 Å². The molecule has 0 spiro atoms. The van der Waals surface area contributed by atoms with Crippen LogP contribution in [0.2, 0.25) is 0 Å². The summed E-state index contributed by atoms with van der Waals surface area (Å²) in [4.78, 5) is 0.135. The Labute approximate surface area is 147 Å². The van der Waals surface area contributed by atoms with Gasteiger partial charge in [0, 0.05) is 10.7 Å². The summed E-state index contributed by atoms with van der Waals surface area (Å²) in [7, 11) is -3.75. The van der Waals surface area contributed by atoms with Crippen molar-refractivity contribution < 1.29 is 13.2 Å². The molecule has 0 unspecified atom stereocenters. The summed E-state index contributed by atoms with van der Waals surface area (Å²) in [6, 6.07) is 7.89. The second-order valence-corrected chi connectivity index (χ2v) is 7.98. The molecule has 0 atom stereocenters. The SMILES string of the molecule is CC(C)Oc1ccc(S(=O)(=O)Nc2cc(Br)cn3cnnc23)cc1. The molecule has 2 aromatic heterocycles. The minimum Gasteiger partial charge on any atom is -0.491 e. The van der Waals surface area contributed by atoms with Crippen LogP contribution in [-0.2, 0) is 10.0 Å². The standard InChI is InChI=1S/C15H15BrN4O3S/c1-10(2)23-12-3-5-13(6-4-12)24(21,22)19-14-7-11(16)8-20-9-17-18-15(14)20/h3-10,19H,1-2H3. The lowest BCUT2D eigenvalue weighted by molar-refractivity contribution is 0.242. The highest BCUT2D eigenvalue weighted by Gasteiger charge is 2.17. The van der Waals surface area contributed by atoms with Gasteiger partial charge in [0.05, 0.1) is 16.7 Å². The number of nitrogens with zero attached hydrogens (tertiary/aromatic N) is 3. The maximum Gasteiger partial charge on any atom is 0.262 e. The Morgan fingerprint density at radius 1 is 1.25 bits per heavy atom. The number of hydrogen-bond acceptors (Lipinski definition) is 5. The van der Waals surface area contributed by atoms with Crippen molar-refractivity contribution in [2.24, 2.45) is 0 Å². The van der Waals surface area contributed by atoms with Crippen LogP contribution < -0.4 is 9.46 Å². The van der Waals surface area contributed by atoms with Gasteiger partial charge in [0.25, 0.3) is 10.0 Å². The third-order valence-corrected chi connectivity index (χ3v) is 4.92. The first-order chi connectivity index (χ1) is 11.3. The average Bonchev–Trinajstić information content (AvgIpc) is 2.95. The number of aromatic nitrogens is 3. The van der Waals surface area contributed by atoms with Gasteiger partial charge in [-0.3, -0.25) is 9.12 Å². The molecule has 0 fully saturated rings. The van der Waals surface area contributed by atoms with Crippen LogP contribution in [0.15, 0.2) is 52.2 Å². The van der Waals surface area contributed by atoms with Gasteiger partial charge in [-0.05, 0) is 60.1 Å². The van der Waals surface area contributed by atoms with Crippen molar-refractivity contribution in [3.63, 3.8) is 0 Å². The lowest BCUT2D eigenvalue weighted by Crippen LogP contribution is -2.14. The molecule has 0 aliphatic heterocycles. The summed E-state index contributed by atoms with van der Waals surface area (Å²) in [5, 5.41) is 7.72. The van der Waals surface area contributed by atoms with Crippen LogP contribution >= 0.6 is 15.9 Å². The summed E-state index contributed by atoms with van der Waals surface area (Å²) in [5.74, 6) is 0.617. The quantitative estimate of drug-likeness (QED) is 0.698. The van der Waals surface area contributed by atoms with Crippen molar-refractivity contribution in [3.8, 4) is 5.75 Å². The Morgan fingerprint density at radius 3 is 2.62 bits per heavy atom. The summed E-state index contributed by atoms with van der Waals surface area (Å²) >= 11 is 3.34. The molecule has 2 heterocycles. The maximum atomic E-state index is 12.6. The van der Waals surface area contributed by atoms with E-state index in [1.807, 2.05) is 13.8 Å². The Morgan fingerprint density at radius 2 is 1.96 bits per heavy atom. The van der Waals surface area contributed by atoms with Crippen LogP contribution in [0.4, 0.5) is 5.69 Å². The fraction of sp³-hybridized carbons (Fsp3) is 0.200. The van der Waals surface area contributed by atoms with Gasteiger partial charge in [-0.25, -0.2) is 8.42 Å². The highest BCUT2D eigenvalue weighted by Crippen LogP contribution is 2.24. The Kier molecular flexibility index (Phi) is 4.46. The van der Waals surface area contributed by atoms with Crippen LogP contribution in [0.25, 0.3) is 5.65 Å². The molecule has 9 heteroatoms. The summed E-state index contributed by atoms with van der Waals surface area (Å²) in [6.07, 6.45) is 3.26. The summed E-state index contributed by atoms with van der Waals surface area (Å²) in [6.45, 7) is 3.81. The molecule has 3 rings (SSSR count). The molecule has 7 nitrogen and oxygen atoms in total. The van der Waals surface area contributed by atoms with Crippen molar-refractivity contribution in [1.29, 1.82) is 0 Å². The van der Waals surface area contributed by atoms with Crippen LogP contribution in [-0.4, -0.2) is 29.1 Å². The van der Waals surface area contributed by atoms with Crippen LogP contribution in [0.1, 0.15) is 13.8 Å². The first-order valence-electron chi connectivity index (χ1n) is 7.13. The zero-order chi connectivity index (χ0) is 17.3. The van der Waals surface area contributed by atoms with Gasteiger partial charge < -0.3 is 4.74 Å². The second-order valence-electron chi connectivity index (χ2n) is 5.38. The third-order valence-electron chi connectivity index (χ3n) is 3.11. The van der Waals surface area contributed by atoms with E-state index in [-0.39, 0.29) is 11.0 Å². The number of ether oxygens (including phenoxy) is 1. The van der Waals surface area contributed by atoms with E-state index in [4.69, 9.17) is 4.74 Å². The van der Waals surface area contributed by atoms with E-state index in [0.717, 1.165) is 0 Å². The van der Waals surface area contributed by atoms with Gasteiger partial charge in [0.2, 0.25) is 0 Å². The van der Waals surface area contributed by atoms with E-state index in [1.165, 1.54) is 18.5 Å². The summed E-state index contributed by atoms with van der Waals surface area (Å²) in [5.41, 5.74) is 0.755. The molecule has 0 saturated carbocycles. The van der Waals surface area contributed by atoms with Crippen LogP contribution in [0, 0.1) is 0 Å². The van der Waals surface area contributed by atoms with E-state index in [2.05, 4.69) is 30.8 Å². The lowest BCUT2D eigenvalue weighted by atomic mass is 10.3.